The van der Waals surface area contributed by atoms with Crippen LogP contribution in [0.15, 0.2) is 97.3 Å². The van der Waals surface area contributed by atoms with Crippen molar-refractivity contribution in [3.63, 3.8) is 0 Å². The highest BCUT2D eigenvalue weighted by Gasteiger charge is 2.43. The SMILES string of the molecule is CCN(CC)C(=O)C(c1ccccc1)N1CCN(c2ccc(N(C(=O)CC(O)(CC(=O)O)C(=O)O)c3ccccc3-c3cccnc3)cc2F)CC1. The third kappa shape index (κ3) is 8.27. The molecule has 2 heterocycles. The zero-order valence-corrected chi connectivity index (χ0v) is 29.1. The number of aromatic nitrogens is 1. The molecule has 13 heteroatoms. The molecule has 1 fully saturated rings. The summed E-state index contributed by atoms with van der Waals surface area (Å²) in [6.45, 7) is 6.85. The van der Waals surface area contributed by atoms with E-state index in [1.54, 1.807) is 53.7 Å². The summed E-state index contributed by atoms with van der Waals surface area (Å²) in [5.41, 5.74) is -0.361. The predicted octanol–water partition coefficient (Wildman–Crippen LogP) is 4.96. The topological polar surface area (TPSA) is 155 Å². The van der Waals surface area contributed by atoms with Crippen LogP contribution in [0.4, 0.5) is 21.5 Å². The molecule has 12 nitrogen and oxygen atoms in total. The molecule has 52 heavy (non-hydrogen) atoms. The number of carboxylic acids is 2. The molecule has 3 N–H and O–H groups in total. The first-order valence-corrected chi connectivity index (χ1v) is 17.1. The fourth-order valence-corrected chi connectivity index (χ4v) is 6.61. The Morgan fingerprint density at radius 3 is 2.13 bits per heavy atom. The highest BCUT2D eigenvalue weighted by molar-refractivity contribution is 6.06. The van der Waals surface area contributed by atoms with E-state index in [1.165, 1.54) is 12.1 Å². The van der Waals surface area contributed by atoms with Crippen molar-refractivity contribution in [2.75, 3.05) is 49.1 Å². The Labute approximate surface area is 301 Å². The monoisotopic (exact) mass is 711 g/mol. The number of halogens is 1. The predicted molar refractivity (Wildman–Crippen MR) is 194 cm³/mol. The number of likely N-dealkylation sites (N-methyl/N-ethyl adjacent to an activating group) is 1. The number of benzene rings is 3. The maximum absolute atomic E-state index is 16.2. The van der Waals surface area contributed by atoms with Gasteiger partial charge in [0.2, 0.25) is 11.8 Å². The molecule has 3 aromatic carbocycles. The van der Waals surface area contributed by atoms with Gasteiger partial charge in [-0.15, -0.1) is 0 Å². The summed E-state index contributed by atoms with van der Waals surface area (Å²) in [4.78, 5) is 62.2. The standard InChI is InChI=1S/C39H42FN5O7/c1-3-42(4-2)37(49)36(27-11-6-5-7-12-27)44-21-19-43(20-22-44)33-17-16-29(23-31(33)40)45(34(46)24-39(52,38(50)51)25-35(47)48)32-15-9-8-14-30(32)28-13-10-18-41-26-28/h5-18,23,26,36,52H,3-4,19-22,24-25H2,1-2H3,(H,47,48)(H,50,51). The number of aliphatic hydroxyl groups is 1. The zero-order chi connectivity index (χ0) is 37.4. The van der Waals surface area contributed by atoms with E-state index in [-0.39, 0.29) is 23.0 Å². The molecular formula is C39H42FN5O7. The maximum atomic E-state index is 16.2. The van der Waals surface area contributed by atoms with Crippen molar-refractivity contribution in [2.45, 2.75) is 38.3 Å². The number of carboxylic acid groups (broad SMARTS) is 2. The second-order valence-electron chi connectivity index (χ2n) is 12.6. The number of pyridine rings is 1. The molecule has 0 radical (unpaired) electrons. The minimum atomic E-state index is -2.92. The lowest BCUT2D eigenvalue weighted by atomic mass is 9.94. The van der Waals surface area contributed by atoms with Crippen LogP contribution in [0.3, 0.4) is 0 Å². The number of carbonyl (C=O) groups is 4. The lowest BCUT2D eigenvalue weighted by Crippen LogP contribution is -2.52. The number of anilines is 3. The van der Waals surface area contributed by atoms with E-state index in [1.807, 2.05) is 49.1 Å². The number of carbonyl (C=O) groups excluding carboxylic acids is 2. The van der Waals surface area contributed by atoms with Gasteiger partial charge in [0.05, 0.1) is 29.9 Å². The number of amides is 2. The first-order chi connectivity index (χ1) is 25.0. The van der Waals surface area contributed by atoms with Gasteiger partial charge >= 0.3 is 11.9 Å². The van der Waals surface area contributed by atoms with Crippen molar-refractivity contribution in [1.82, 2.24) is 14.8 Å². The van der Waals surface area contributed by atoms with Crippen LogP contribution in [0.2, 0.25) is 0 Å². The second kappa shape index (κ2) is 16.6. The summed E-state index contributed by atoms with van der Waals surface area (Å²) in [5, 5.41) is 29.9. The average molecular weight is 712 g/mol. The van der Waals surface area contributed by atoms with Crippen LogP contribution >= 0.6 is 0 Å². The summed E-state index contributed by atoms with van der Waals surface area (Å²) >= 11 is 0. The zero-order valence-electron chi connectivity index (χ0n) is 29.1. The molecule has 2 atom stereocenters. The Morgan fingerprint density at radius 1 is 0.865 bits per heavy atom. The Balaban J connectivity index is 1.46. The molecule has 2 unspecified atom stereocenters. The smallest absolute Gasteiger partial charge is 0.336 e. The molecule has 1 aliphatic heterocycles. The molecule has 4 aromatic rings. The molecule has 272 valence electrons. The largest absolute Gasteiger partial charge is 0.481 e. The molecule has 0 saturated carbocycles. The van der Waals surface area contributed by atoms with Crippen molar-refractivity contribution < 1.29 is 38.9 Å². The van der Waals surface area contributed by atoms with E-state index in [9.17, 15) is 34.5 Å². The summed E-state index contributed by atoms with van der Waals surface area (Å²) < 4.78 is 16.2. The van der Waals surface area contributed by atoms with Gasteiger partial charge in [0, 0.05) is 68.9 Å². The quantitative estimate of drug-likeness (QED) is 0.163. The van der Waals surface area contributed by atoms with Gasteiger partial charge in [-0.1, -0.05) is 54.6 Å². The van der Waals surface area contributed by atoms with Crippen molar-refractivity contribution in [3.8, 4) is 11.1 Å². The van der Waals surface area contributed by atoms with Crippen LogP contribution < -0.4 is 9.80 Å². The second-order valence-corrected chi connectivity index (χ2v) is 12.6. The summed E-state index contributed by atoms with van der Waals surface area (Å²) in [5.74, 6) is -5.09. The summed E-state index contributed by atoms with van der Waals surface area (Å²) in [6, 6.07) is 23.5. The fraction of sp³-hybridized carbons (Fsp3) is 0.308. The number of nitrogens with zero attached hydrogens (tertiary/aromatic N) is 5. The van der Waals surface area contributed by atoms with Crippen LogP contribution in [-0.2, 0) is 19.2 Å². The molecule has 1 saturated heterocycles. The number of hydrogen-bond acceptors (Lipinski definition) is 8. The van der Waals surface area contributed by atoms with Gasteiger partial charge in [0.1, 0.15) is 11.9 Å². The maximum Gasteiger partial charge on any atom is 0.336 e. The Morgan fingerprint density at radius 2 is 1.54 bits per heavy atom. The lowest BCUT2D eigenvalue weighted by Gasteiger charge is -2.41. The Kier molecular flexibility index (Phi) is 12.0. The van der Waals surface area contributed by atoms with Gasteiger partial charge in [-0.2, -0.15) is 0 Å². The van der Waals surface area contributed by atoms with Gasteiger partial charge in [-0.3, -0.25) is 29.2 Å². The number of piperazine rings is 1. The van der Waals surface area contributed by atoms with E-state index in [0.717, 1.165) is 16.5 Å². The highest BCUT2D eigenvalue weighted by Crippen LogP contribution is 2.38. The van der Waals surface area contributed by atoms with E-state index in [0.29, 0.717) is 50.4 Å². The van der Waals surface area contributed by atoms with Crippen LogP contribution in [0.1, 0.15) is 38.3 Å². The third-order valence-corrected chi connectivity index (χ3v) is 9.29. The van der Waals surface area contributed by atoms with E-state index < -0.39 is 48.1 Å². The number of rotatable bonds is 14. The van der Waals surface area contributed by atoms with Crippen LogP contribution in [0.25, 0.3) is 11.1 Å². The molecule has 0 aliphatic carbocycles. The molecular weight excluding hydrogens is 669 g/mol. The van der Waals surface area contributed by atoms with Crippen molar-refractivity contribution in [2.24, 2.45) is 0 Å². The highest BCUT2D eigenvalue weighted by atomic mass is 19.1. The van der Waals surface area contributed by atoms with Crippen molar-refractivity contribution in [1.29, 1.82) is 0 Å². The van der Waals surface area contributed by atoms with Gasteiger partial charge in [-0.05, 0) is 43.7 Å². The minimum Gasteiger partial charge on any atom is -0.481 e. The molecule has 5 rings (SSSR count). The number of hydrogen-bond donors (Lipinski definition) is 3. The number of para-hydroxylation sites is 1. The lowest BCUT2D eigenvalue weighted by molar-refractivity contribution is -0.167. The Bertz CT molecular complexity index is 1880. The van der Waals surface area contributed by atoms with Gasteiger partial charge < -0.3 is 25.1 Å². The number of aliphatic carboxylic acids is 2. The molecule has 0 bridgehead atoms. The third-order valence-electron chi connectivity index (χ3n) is 9.29. The Hall–Kier alpha value is -5.66. The van der Waals surface area contributed by atoms with E-state index >= 15 is 4.39 Å². The summed E-state index contributed by atoms with van der Waals surface area (Å²) in [7, 11) is 0. The summed E-state index contributed by atoms with van der Waals surface area (Å²) in [6.07, 6.45) is 0.820. The van der Waals surface area contributed by atoms with Crippen LogP contribution in [0.5, 0.6) is 0 Å². The van der Waals surface area contributed by atoms with Crippen molar-refractivity contribution >= 4 is 40.8 Å². The van der Waals surface area contributed by atoms with E-state index in [4.69, 9.17) is 0 Å². The first kappa shape index (κ1) is 37.6. The van der Waals surface area contributed by atoms with Gasteiger partial charge in [-0.25, -0.2) is 9.18 Å². The van der Waals surface area contributed by atoms with Crippen molar-refractivity contribution in [3.05, 3.63) is 109 Å². The van der Waals surface area contributed by atoms with Gasteiger partial charge in [0.25, 0.3) is 0 Å². The molecule has 0 spiro atoms. The van der Waals surface area contributed by atoms with Crippen LogP contribution in [-0.4, -0.2) is 98.7 Å². The average Bonchev–Trinajstić information content (AvgIpc) is 3.13. The van der Waals surface area contributed by atoms with Gasteiger partial charge in [0.15, 0.2) is 5.60 Å². The fourth-order valence-electron chi connectivity index (χ4n) is 6.61. The molecule has 1 aromatic heterocycles. The molecule has 1 aliphatic rings. The van der Waals surface area contributed by atoms with E-state index in [2.05, 4.69) is 9.88 Å². The first-order valence-electron chi connectivity index (χ1n) is 17.1. The normalized spacial score (nSPS) is 15.0. The molecule has 2 amide bonds. The minimum absolute atomic E-state index is 0.00894. The van der Waals surface area contributed by atoms with Crippen LogP contribution in [0, 0.1) is 5.82 Å².